The number of aryl methyl sites for hydroxylation is 1. The summed E-state index contributed by atoms with van der Waals surface area (Å²) >= 11 is 0. The van der Waals surface area contributed by atoms with Crippen LogP contribution >= 0.6 is 0 Å². The number of hydrogen-bond acceptors (Lipinski definition) is 5. The van der Waals surface area contributed by atoms with Crippen LogP contribution in [0.2, 0.25) is 0 Å². The van der Waals surface area contributed by atoms with Gasteiger partial charge >= 0.3 is 0 Å². The molecule has 20 heavy (non-hydrogen) atoms. The van der Waals surface area contributed by atoms with Crippen molar-refractivity contribution in [3.05, 3.63) is 36.3 Å². The topological polar surface area (TPSA) is 110 Å². The molecule has 1 aromatic heterocycles. The molecule has 2 rings (SSSR count). The van der Waals surface area contributed by atoms with Gasteiger partial charge < -0.3 is 15.5 Å². The van der Waals surface area contributed by atoms with Crippen molar-refractivity contribution in [1.29, 1.82) is 0 Å². The SMILES string of the molecule is Cc1ncc(S(=O)(=O)Nc2ccc(OCCN)cc2)[nH]1. The van der Waals surface area contributed by atoms with Crippen LogP contribution in [0.15, 0.2) is 35.5 Å². The monoisotopic (exact) mass is 296 g/mol. The molecule has 0 saturated heterocycles. The van der Waals surface area contributed by atoms with Gasteiger partial charge in [-0.3, -0.25) is 4.72 Å². The summed E-state index contributed by atoms with van der Waals surface area (Å²) in [5.74, 6) is 1.17. The lowest BCUT2D eigenvalue weighted by atomic mass is 10.3. The molecule has 4 N–H and O–H groups in total. The van der Waals surface area contributed by atoms with Crippen LogP contribution < -0.4 is 15.2 Å². The molecule has 0 spiro atoms. The predicted octanol–water partition coefficient (Wildman–Crippen LogP) is 0.856. The molecule has 0 unspecified atom stereocenters. The molecular weight excluding hydrogens is 280 g/mol. The van der Waals surface area contributed by atoms with E-state index in [1.54, 1.807) is 31.2 Å². The Hall–Kier alpha value is -2.06. The molecule has 0 aliphatic carbocycles. The fourth-order valence-corrected chi connectivity index (χ4v) is 2.57. The Morgan fingerprint density at radius 1 is 1.35 bits per heavy atom. The second-order valence-electron chi connectivity index (χ2n) is 4.10. The molecule has 0 aliphatic heterocycles. The summed E-state index contributed by atoms with van der Waals surface area (Å²) in [4.78, 5) is 6.54. The first-order chi connectivity index (χ1) is 9.51. The number of anilines is 1. The molecule has 1 aromatic carbocycles. The van der Waals surface area contributed by atoms with Crippen LogP contribution in [0.5, 0.6) is 5.75 Å². The lowest BCUT2D eigenvalue weighted by Gasteiger charge is -2.08. The van der Waals surface area contributed by atoms with Gasteiger partial charge in [0.05, 0.1) is 6.20 Å². The van der Waals surface area contributed by atoms with Crippen molar-refractivity contribution in [1.82, 2.24) is 9.97 Å². The van der Waals surface area contributed by atoms with Crippen molar-refractivity contribution < 1.29 is 13.2 Å². The van der Waals surface area contributed by atoms with Crippen LogP contribution in [0.1, 0.15) is 5.82 Å². The summed E-state index contributed by atoms with van der Waals surface area (Å²) in [6.07, 6.45) is 1.27. The molecule has 0 amide bonds. The number of H-pyrrole nitrogens is 1. The zero-order valence-corrected chi connectivity index (χ0v) is 11.8. The van der Waals surface area contributed by atoms with Gasteiger partial charge in [-0.05, 0) is 31.2 Å². The van der Waals surface area contributed by atoms with Gasteiger partial charge in [0.25, 0.3) is 10.0 Å². The van der Waals surface area contributed by atoms with Crippen LogP contribution in [0, 0.1) is 6.92 Å². The number of ether oxygens (including phenoxy) is 1. The maximum absolute atomic E-state index is 12.0. The first-order valence-corrected chi connectivity index (χ1v) is 7.47. The minimum atomic E-state index is -3.65. The van der Waals surface area contributed by atoms with Gasteiger partial charge in [-0.25, -0.2) is 4.98 Å². The minimum Gasteiger partial charge on any atom is -0.492 e. The van der Waals surface area contributed by atoms with Gasteiger partial charge in [0.1, 0.15) is 18.2 Å². The molecule has 0 aliphatic rings. The van der Waals surface area contributed by atoms with Gasteiger partial charge in [-0.1, -0.05) is 0 Å². The third-order valence-corrected chi connectivity index (χ3v) is 3.75. The Balaban J connectivity index is 2.09. The maximum Gasteiger partial charge on any atom is 0.278 e. The fourth-order valence-electron chi connectivity index (χ4n) is 1.54. The summed E-state index contributed by atoms with van der Waals surface area (Å²) in [7, 11) is -3.65. The summed E-state index contributed by atoms with van der Waals surface area (Å²) in [5, 5.41) is 0.0264. The fraction of sp³-hybridized carbons (Fsp3) is 0.250. The summed E-state index contributed by atoms with van der Waals surface area (Å²) in [6.45, 7) is 2.52. The van der Waals surface area contributed by atoms with Crippen LogP contribution in [0.25, 0.3) is 0 Å². The molecule has 8 heteroatoms. The standard InChI is InChI=1S/C12H16N4O3S/c1-9-14-8-12(15-9)20(17,18)16-10-2-4-11(5-3-10)19-7-6-13/h2-5,8,16H,6-7,13H2,1H3,(H,14,15). The van der Waals surface area contributed by atoms with Crippen molar-refractivity contribution in [2.24, 2.45) is 5.73 Å². The summed E-state index contributed by atoms with van der Waals surface area (Å²) in [5.41, 5.74) is 5.77. The average Bonchev–Trinajstić information content (AvgIpc) is 2.85. The number of imidazole rings is 1. The number of sulfonamides is 1. The normalized spacial score (nSPS) is 11.3. The van der Waals surface area contributed by atoms with Crippen molar-refractivity contribution in [2.75, 3.05) is 17.9 Å². The molecule has 0 bridgehead atoms. The van der Waals surface area contributed by atoms with E-state index < -0.39 is 10.0 Å². The van der Waals surface area contributed by atoms with Crippen molar-refractivity contribution >= 4 is 15.7 Å². The molecule has 7 nitrogen and oxygen atoms in total. The van der Waals surface area contributed by atoms with Crippen LogP contribution in [0.3, 0.4) is 0 Å². The first kappa shape index (κ1) is 14.4. The molecule has 0 radical (unpaired) electrons. The van der Waals surface area contributed by atoms with Gasteiger partial charge in [0, 0.05) is 12.2 Å². The number of nitrogens with one attached hydrogen (secondary N) is 2. The van der Waals surface area contributed by atoms with Gasteiger partial charge in [-0.2, -0.15) is 8.42 Å². The van der Waals surface area contributed by atoms with Gasteiger partial charge in [0.2, 0.25) is 0 Å². The third-order valence-electron chi connectivity index (χ3n) is 2.46. The maximum atomic E-state index is 12.0. The minimum absolute atomic E-state index is 0.0264. The van der Waals surface area contributed by atoms with E-state index in [2.05, 4.69) is 14.7 Å². The number of benzene rings is 1. The van der Waals surface area contributed by atoms with Crippen LogP contribution in [-0.2, 0) is 10.0 Å². The molecule has 0 atom stereocenters. The molecule has 1 heterocycles. The molecule has 2 aromatic rings. The second-order valence-corrected chi connectivity index (χ2v) is 5.75. The summed E-state index contributed by atoms with van der Waals surface area (Å²) in [6, 6.07) is 6.58. The van der Waals surface area contributed by atoms with E-state index in [1.165, 1.54) is 6.20 Å². The molecular formula is C12H16N4O3S. The van der Waals surface area contributed by atoms with Crippen molar-refractivity contribution in [2.45, 2.75) is 11.9 Å². The van der Waals surface area contributed by atoms with E-state index in [1.807, 2.05) is 0 Å². The quantitative estimate of drug-likeness (QED) is 0.732. The Labute approximate surface area is 117 Å². The highest BCUT2D eigenvalue weighted by molar-refractivity contribution is 7.92. The highest BCUT2D eigenvalue weighted by Gasteiger charge is 2.16. The zero-order valence-electron chi connectivity index (χ0n) is 11.0. The van der Waals surface area contributed by atoms with Crippen molar-refractivity contribution in [3.8, 4) is 5.75 Å². The van der Waals surface area contributed by atoms with Gasteiger partial charge in [0.15, 0.2) is 5.03 Å². The number of nitrogens with zero attached hydrogens (tertiary/aromatic N) is 1. The highest BCUT2D eigenvalue weighted by atomic mass is 32.2. The smallest absolute Gasteiger partial charge is 0.278 e. The number of rotatable bonds is 6. The van der Waals surface area contributed by atoms with E-state index in [-0.39, 0.29) is 5.03 Å². The van der Waals surface area contributed by atoms with E-state index in [4.69, 9.17) is 10.5 Å². The third kappa shape index (κ3) is 3.49. The Morgan fingerprint density at radius 3 is 2.60 bits per heavy atom. The second kappa shape index (κ2) is 5.93. The average molecular weight is 296 g/mol. The number of nitrogens with two attached hydrogens (primary N) is 1. The van der Waals surface area contributed by atoms with E-state index in [0.29, 0.717) is 30.4 Å². The molecule has 0 fully saturated rings. The summed E-state index contributed by atoms with van der Waals surface area (Å²) < 4.78 is 31.8. The van der Waals surface area contributed by atoms with E-state index in [0.717, 1.165) is 0 Å². The zero-order chi connectivity index (χ0) is 14.6. The Bertz CT molecular complexity index is 664. The van der Waals surface area contributed by atoms with E-state index in [9.17, 15) is 8.42 Å². The Morgan fingerprint density at radius 2 is 2.05 bits per heavy atom. The Kier molecular flexibility index (Phi) is 4.26. The van der Waals surface area contributed by atoms with Crippen molar-refractivity contribution in [3.63, 3.8) is 0 Å². The van der Waals surface area contributed by atoms with E-state index >= 15 is 0 Å². The van der Waals surface area contributed by atoms with Crippen LogP contribution in [0.4, 0.5) is 5.69 Å². The molecule has 108 valence electrons. The first-order valence-electron chi connectivity index (χ1n) is 5.98. The number of aromatic amines is 1. The number of aromatic nitrogens is 2. The highest BCUT2D eigenvalue weighted by Crippen LogP contribution is 2.18. The van der Waals surface area contributed by atoms with Gasteiger partial charge in [-0.15, -0.1) is 0 Å². The number of hydrogen-bond donors (Lipinski definition) is 3. The van der Waals surface area contributed by atoms with Crippen LogP contribution in [-0.4, -0.2) is 31.5 Å². The molecule has 0 saturated carbocycles. The lowest BCUT2D eigenvalue weighted by molar-refractivity contribution is 0.328. The largest absolute Gasteiger partial charge is 0.492 e. The predicted molar refractivity (Wildman–Crippen MR) is 75.1 cm³/mol. The lowest BCUT2D eigenvalue weighted by Crippen LogP contribution is -2.13.